The van der Waals surface area contributed by atoms with Crippen molar-refractivity contribution in [3.63, 3.8) is 0 Å². The molecule has 0 aliphatic carbocycles. The molecule has 0 aromatic rings. The van der Waals surface area contributed by atoms with Gasteiger partial charge in [0.1, 0.15) is 6.61 Å². The summed E-state index contributed by atoms with van der Waals surface area (Å²) < 4.78 is 4.52. The quantitative estimate of drug-likeness (QED) is 0.527. The Morgan fingerprint density at radius 3 is 2.64 bits per heavy atom. The van der Waals surface area contributed by atoms with Crippen molar-refractivity contribution in [3.8, 4) is 0 Å². The molecule has 1 radical (unpaired) electrons. The second kappa shape index (κ2) is 7.28. The van der Waals surface area contributed by atoms with Crippen molar-refractivity contribution in [2.45, 2.75) is 26.1 Å². The van der Waals surface area contributed by atoms with E-state index in [2.05, 4.69) is 10.1 Å². The highest BCUT2D eigenvalue weighted by Gasteiger charge is 2.10. The van der Waals surface area contributed by atoms with Crippen molar-refractivity contribution in [2.24, 2.45) is 5.73 Å². The number of hydrogen-bond donors (Lipinski definition) is 2. The molecular weight excluding hydrogens is 188 g/mol. The maximum atomic E-state index is 10.9. The standard InChI is InChI=1S/C8H15N2O4/c1-2-10-7(12)3-4-8(13)14-5-6(9)11/h8H,2-5H2,1H3,(H2,9,11)(H,10,12). The minimum Gasteiger partial charge on any atom is -0.368 e. The largest absolute Gasteiger partial charge is 0.368 e. The lowest BCUT2D eigenvalue weighted by atomic mass is 10.3. The average Bonchev–Trinajstić information content (AvgIpc) is 2.12. The molecule has 2 amide bonds. The number of nitrogens with one attached hydrogen (secondary N) is 1. The van der Waals surface area contributed by atoms with Gasteiger partial charge in [0, 0.05) is 19.4 Å². The van der Waals surface area contributed by atoms with Gasteiger partial charge >= 0.3 is 0 Å². The van der Waals surface area contributed by atoms with E-state index in [4.69, 9.17) is 5.73 Å². The third-order valence-electron chi connectivity index (χ3n) is 1.39. The first kappa shape index (κ1) is 12.9. The van der Waals surface area contributed by atoms with Crippen LogP contribution in [0.5, 0.6) is 0 Å². The minimum absolute atomic E-state index is 0.0408. The minimum atomic E-state index is -1.37. The number of rotatable bonds is 7. The summed E-state index contributed by atoms with van der Waals surface area (Å²) >= 11 is 0. The van der Waals surface area contributed by atoms with Gasteiger partial charge in [-0.25, -0.2) is 5.11 Å². The van der Waals surface area contributed by atoms with Gasteiger partial charge in [-0.3, -0.25) is 9.59 Å². The predicted molar refractivity (Wildman–Crippen MR) is 47.5 cm³/mol. The highest BCUT2D eigenvalue weighted by Crippen LogP contribution is 1.99. The molecule has 0 saturated heterocycles. The Kier molecular flexibility index (Phi) is 6.69. The van der Waals surface area contributed by atoms with E-state index in [1.165, 1.54) is 0 Å². The Morgan fingerprint density at radius 1 is 1.50 bits per heavy atom. The molecule has 0 aromatic heterocycles. The molecule has 0 saturated carbocycles. The third kappa shape index (κ3) is 7.51. The van der Waals surface area contributed by atoms with Crippen LogP contribution < -0.4 is 11.1 Å². The van der Waals surface area contributed by atoms with E-state index in [1.807, 2.05) is 0 Å². The van der Waals surface area contributed by atoms with Crippen LogP contribution in [-0.2, 0) is 19.4 Å². The van der Waals surface area contributed by atoms with Crippen molar-refractivity contribution in [1.29, 1.82) is 0 Å². The van der Waals surface area contributed by atoms with Crippen LogP contribution >= 0.6 is 0 Å². The molecule has 6 heteroatoms. The van der Waals surface area contributed by atoms with Crippen LogP contribution in [-0.4, -0.2) is 31.3 Å². The fourth-order valence-corrected chi connectivity index (χ4v) is 0.793. The van der Waals surface area contributed by atoms with Gasteiger partial charge in [0.15, 0.2) is 6.29 Å². The predicted octanol–water partition coefficient (Wildman–Crippen LogP) is -0.839. The number of ether oxygens (including phenoxy) is 1. The molecule has 0 fully saturated rings. The van der Waals surface area contributed by atoms with Gasteiger partial charge in [0.2, 0.25) is 11.8 Å². The maximum Gasteiger partial charge on any atom is 0.243 e. The summed E-state index contributed by atoms with van der Waals surface area (Å²) in [6.45, 7) is 1.92. The molecule has 0 aromatic carbocycles. The van der Waals surface area contributed by atoms with Gasteiger partial charge in [-0.2, -0.15) is 0 Å². The molecule has 0 aliphatic heterocycles. The molecule has 81 valence electrons. The second-order valence-corrected chi connectivity index (χ2v) is 2.70. The number of carbonyl (C=O) groups is 2. The van der Waals surface area contributed by atoms with Gasteiger partial charge in [-0.1, -0.05) is 0 Å². The average molecular weight is 203 g/mol. The highest BCUT2D eigenvalue weighted by molar-refractivity contribution is 5.76. The molecule has 1 atom stereocenters. The van der Waals surface area contributed by atoms with Gasteiger partial charge in [0.25, 0.3) is 0 Å². The molecule has 0 spiro atoms. The van der Waals surface area contributed by atoms with Crippen LogP contribution in [0.3, 0.4) is 0 Å². The van der Waals surface area contributed by atoms with Crippen molar-refractivity contribution < 1.29 is 19.4 Å². The van der Waals surface area contributed by atoms with Crippen LogP contribution in [0.15, 0.2) is 0 Å². The van der Waals surface area contributed by atoms with Crippen molar-refractivity contribution in [2.75, 3.05) is 13.2 Å². The van der Waals surface area contributed by atoms with E-state index in [0.717, 1.165) is 0 Å². The fourth-order valence-electron chi connectivity index (χ4n) is 0.793. The molecule has 0 rings (SSSR count). The Bertz CT molecular complexity index is 196. The smallest absolute Gasteiger partial charge is 0.243 e. The third-order valence-corrected chi connectivity index (χ3v) is 1.39. The zero-order valence-corrected chi connectivity index (χ0v) is 8.12. The van der Waals surface area contributed by atoms with E-state index in [1.54, 1.807) is 6.92 Å². The van der Waals surface area contributed by atoms with E-state index in [9.17, 15) is 14.7 Å². The van der Waals surface area contributed by atoms with E-state index in [0.29, 0.717) is 6.54 Å². The van der Waals surface area contributed by atoms with Crippen LogP contribution in [0.4, 0.5) is 0 Å². The number of hydrogen-bond acceptors (Lipinski definition) is 3. The summed E-state index contributed by atoms with van der Waals surface area (Å²) in [5.74, 6) is -0.889. The Balaban J connectivity index is 3.48. The topological polar surface area (TPSA) is 101 Å². The molecule has 14 heavy (non-hydrogen) atoms. The number of nitrogens with two attached hydrogens (primary N) is 1. The van der Waals surface area contributed by atoms with Crippen molar-refractivity contribution in [1.82, 2.24) is 5.32 Å². The fraction of sp³-hybridized carbons (Fsp3) is 0.750. The Morgan fingerprint density at radius 2 is 2.14 bits per heavy atom. The number of primary amides is 1. The van der Waals surface area contributed by atoms with Gasteiger partial charge in [-0.05, 0) is 6.92 Å². The van der Waals surface area contributed by atoms with Crippen LogP contribution in [0.25, 0.3) is 0 Å². The first-order valence-corrected chi connectivity index (χ1v) is 4.38. The molecule has 0 bridgehead atoms. The lowest BCUT2D eigenvalue weighted by Gasteiger charge is -2.07. The lowest BCUT2D eigenvalue weighted by molar-refractivity contribution is -0.158. The van der Waals surface area contributed by atoms with Crippen LogP contribution in [0, 0.1) is 0 Å². The zero-order valence-electron chi connectivity index (χ0n) is 8.12. The molecular formula is C8H15N2O4. The first-order valence-electron chi connectivity index (χ1n) is 4.38. The number of carbonyl (C=O) groups excluding carboxylic acids is 2. The van der Waals surface area contributed by atoms with Crippen LogP contribution in [0.2, 0.25) is 0 Å². The lowest BCUT2D eigenvalue weighted by Crippen LogP contribution is -2.26. The molecule has 6 nitrogen and oxygen atoms in total. The molecule has 3 N–H and O–H groups in total. The van der Waals surface area contributed by atoms with Gasteiger partial charge in [0.05, 0.1) is 0 Å². The summed E-state index contributed by atoms with van der Waals surface area (Å²) in [4.78, 5) is 21.1. The summed E-state index contributed by atoms with van der Waals surface area (Å²) in [6, 6.07) is 0. The Hall–Kier alpha value is -1.14. The molecule has 1 unspecified atom stereocenters. The monoisotopic (exact) mass is 203 g/mol. The summed E-state index contributed by atoms with van der Waals surface area (Å²) in [5.41, 5.74) is 4.76. The molecule has 0 aliphatic rings. The summed E-state index contributed by atoms with van der Waals surface area (Å²) in [6.07, 6.45) is -1.23. The van der Waals surface area contributed by atoms with E-state index < -0.39 is 18.8 Å². The van der Waals surface area contributed by atoms with Gasteiger partial charge < -0.3 is 15.8 Å². The van der Waals surface area contributed by atoms with E-state index >= 15 is 0 Å². The molecule has 0 heterocycles. The zero-order chi connectivity index (χ0) is 11.0. The normalized spacial score (nSPS) is 12.1. The highest BCUT2D eigenvalue weighted by atomic mass is 16.6. The van der Waals surface area contributed by atoms with E-state index in [-0.39, 0.29) is 18.7 Å². The second-order valence-electron chi connectivity index (χ2n) is 2.70. The Labute approximate surface area is 82.4 Å². The first-order chi connectivity index (χ1) is 6.56. The van der Waals surface area contributed by atoms with Crippen LogP contribution in [0.1, 0.15) is 19.8 Å². The summed E-state index contributed by atoms with van der Waals surface area (Å²) in [5, 5.41) is 13.5. The van der Waals surface area contributed by atoms with Crippen molar-refractivity contribution >= 4 is 11.8 Å². The van der Waals surface area contributed by atoms with Gasteiger partial charge in [-0.15, -0.1) is 0 Å². The number of amides is 2. The SMILES string of the molecule is CCNC(=O)CCC([O])OCC(N)=O. The summed E-state index contributed by atoms with van der Waals surface area (Å²) in [7, 11) is 0. The maximum absolute atomic E-state index is 10.9. The van der Waals surface area contributed by atoms with Crippen molar-refractivity contribution in [3.05, 3.63) is 0 Å².